The second-order valence-electron chi connectivity index (χ2n) is 3.22. The van der Waals surface area contributed by atoms with Crippen LogP contribution >= 0.6 is 0 Å². The molecule has 0 bridgehead atoms. The summed E-state index contributed by atoms with van der Waals surface area (Å²) in [4.78, 5) is 22.2. The van der Waals surface area contributed by atoms with Crippen molar-refractivity contribution in [3.8, 4) is 0 Å². The number of hydrogen-bond donors (Lipinski definition) is 2. The van der Waals surface area contributed by atoms with Crippen LogP contribution in [0.5, 0.6) is 0 Å². The zero-order valence-corrected chi connectivity index (χ0v) is 8.99. The topological polar surface area (TPSA) is 66.4 Å². The minimum Gasteiger partial charge on any atom is -0.478 e. The van der Waals surface area contributed by atoms with Crippen LogP contribution in [0.1, 0.15) is 22.8 Å². The van der Waals surface area contributed by atoms with Crippen LogP contribution in [0, 0.1) is 0 Å². The van der Waals surface area contributed by atoms with Crippen LogP contribution in [-0.4, -0.2) is 23.5 Å². The molecule has 0 radical (unpaired) electrons. The van der Waals surface area contributed by atoms with E-state index in [1.165, 1.54) is 6.07 Å². The van der Waals surface area contributed by atoms with Crippen molar-refractivity contribution in [2.75, 3.05) is 6.54 Å². The van der Waals surface area contributed by atoms with Crippen molar-refractivity contribution in [3.05, 3.63) is 42.0 Å². The Kier molecular flexibility index (Phi) is 3.83. The fraction of sp³-hybridized carbons (Fsp3) is 0.167. The number of carboxylic acid groups (broad SMARTS) is 1. The van der Waals surface area contributed by atoms with Gasteiger partial charge in [0.25, 0.3) is 5.91 Å². The summed E-state index contributed by atoms with van der Waals surface area (Å²) in [5, 5.41) is 11.4. The minimum atomic E-state index is -1.09. The Morgan fingerprint density at radius 3 is 2.56 bits per heavy atom. The predicted molar refractivity (Wildman–Crippen MR) is 61.1 cm³/mol. The van der Waals surface area contributed by atoms with Crippen molar-refractivity contribution in [3.63, 3.8) is 0 Å². The summed E-state index contributed by atoms with van der Waals surface area (Å²) < 4.78 is 0. The van der Waals surface area contributed by atoms with Gasteiger partial charge in [-0.25, -0.2) is 4.79 Å². The zero-order chi connectivity index (χ0) is 12.1. The SMILES string of the molecule is C=C(C(=O)O)c1cccc(C(=O)NCC)c1. The van der Waals surface area contributed by atoms with E-state index in [4.69, 9.17) is 5.11 Å². The van der Waals surface area contributed by atoms with Crippen molar-refractivity contribution < 1.29 is 14.7 Å². The van der Waals surface area contributed by atoms with E-state index < -0.39 is 5.97 Å². The van der Waals surface area contributed by atoms with Crippen LogP contribution in [0.25, 0.3) is 5.57 Å². The molecule has 0 aliphatic rings. The van der Waals surface area contributed by atoms with E-state index in [2.05, 4.69) is 11.9 Å². The largest absolute Gasteiger partial charge is 0.478 e. The molecule has 4 heteroatoms. The van der Waals surface area contributed by atoms with Gasteiger partial charge in [0.1, 0.15) is 0 Å². The third-order valence-electron chi connectivity index (χ3n) is 2.07. The highest BCUT2D eigenvalue weighted by atomic mass is 16.4. The average molecular weight is 219 g/mol. The molecule has 0 aliphatic carbocycles. The summed E-state index contributed by atoms with van der Waals surface area (Å²) in [6.07, 6.45) is 0. The maximum absolute atomic E-state index is 11.5. The van der Waals surface area contributed by atoms with Crippen molar-refractivity contribution in [2.24, 2.45) is 0 Å². The van der Waals surface area contributed by atoms with E-state index in [9.17, 15) is 9.59 Å². The highest BCUT2D eigenvalue weighted by Gasteiger charge is 2.10. The molecule has 0 unspecified atom stereocenters. The first-order chi connectivity index (χ1) is 7.56. The van der Waals surface area contributed by atoms with Gasteiger partial charge in [0.2, 0.25) is 0 Å². The van der Waals surface area contributed by atoms with Crippen molar-refractivity contribution in [1.82, 2.24) is 5.32 Å². The van der Waals surface area contributed by atoms with Crippen molar-refractivity contribution in [1.29, 1.82) is 0 Å². The number of carbonyl (C=O) groups is 2. The zero-order valence-electron chi connectivity index (χ0n) is 8.99. The number of hydrogen-bond acceptors (Lipinski definition) is 2. The summed E-state index contributed by atoms with van der Waals surface area (Å²) in [5.41, 5.74) is 0.851. The van der Waals surface area contributed by atoms with E-state index in [0.717, 1.165) is 0 Å². The molecule has 2 N–H and O–H groups in total. The fourth-order valence-corrected chi connectivity index (χ4v) is 1.23. The maximum atomic E-state index is 11.5. The fourth-order valence-electron chi connectivity index (χ4n) is 1.23. The van der Waals surface area contributed by atoms with Gasteiger partial charge >= 0.3 is 5.97 Å². The van der Waals surface area contributed by atoms with E-state index in [0.29, 0.717) is 17.7 Å². The molecule has 1 rings (SSSR count). The van der Waals surface area contributed by atoms with Gasteiger partial charge in [0.05, 0.1) is 5.57 Å². The smallest absolute Gasteiger partial charge is 0.335 e. The normalized spacial score (nSPS) is 9.56. The second kappa shape index (κ2) is 5.11. The molecule has 0 fully saturated rings. The first kappa shape index (κ1) is 12.0. The minimum absolute atomic E-state index is 0.0221. The molecular weight excluding hydrogens is 206 g/mol. The molecule has 0 saturated carbocycles. The Hall–Kier alpha value is -2.10. The maximum Gasteiger partial charge on any atom is 0.335 e. The summed E-state index contributed by atoms with van der Waals surface area (Å²) in [6.45, 7) is 5.79. The van der Waals surface area contributed by atoms with Gasteiger partial charge in [0.15, 0.2) is 0 Å². The number of carboxylic acids is 1. The van der Waals surface area contributed by atoms with Crippen LogP contribution in [0.2, 0.25) is 0 Å². The monoisotopic (exact) mass is 219 g/mol. The van der Waals surface area contributed by atoms with Crippen molar-refractivity contribution >= 4 is 17.4 Å². The average Bonchev–Trinajstić information content (AvgIpc) is 2.28. The molecule has 4 nitrogen and oxygen atoms in total. The van der Waals surface area contributed by atoms with Crippen molar-refractivity contribution in [2.45, 2.75) is 6.92 Å². The van der Waals surface area contributed by atoms with Crippen LogP contribution in [0.3, 0.4) is 0 Å². The lowest BCUT2D eigenvalue weighted by molar-refractivity contribution is -0.130. The van der Waals surface area contributed by atoms with E-state index in [-0.39, 0.29) is 11.5 Å². The Bertz CT molecular complexity index is 438. The van der Waals surface area contributed by atoms with Gasteiger partial charge in [-0.3, -0.25) is 4.79 Å². The number of aliphatic carboxylic acids is 1. The molecule has 1 amide bonds. The number of benzene rings is 1. The molecule has 84 valence electrons. The molecule has 0 spiro atoms. The summed E-state index contributed by atoms with van der Waals surface area (Å²) in [5.74, 6) is -1.31. The number of nitrogens with one attached hydrogen (secondary N) is 1. The van der Waals surface area contributed by atoms with Crippen LogP contribution in [0.4, 0.5) is 0 Å². The number of amides is 1. The highest BCUT2D eigenvalue weighted by Crippen LogP contribution is 2.14. The molecule has 16 heavy (non-hydrogen) atoms. The Morgan fingerprint density at radius 2 is 2.00 bits per heavy atom. The van der Waals surface area contributed by atoms with E-state index >= 15 is 0 Å². The molecule has 0 aromatic heterocycles. The molecule has 0 heterocycles. The second-order valence-corrected chi connectivity index (χ2v) is 3.22. The highest BCUT2D eigenvalue weighted by molar-refractivity contribution is 6.14. The lowest BCUT2D eigenvalue weighted by Gasteiger charge is -2.05. The quantitative estimate of drug-likeness (QED) is 0.755. The van der Waals surface area contributed by atoms with Gasteiger partial charge < -0.3 is 10.4 Å². The van der Waals surface area contributed by atoms with E-state index in [1.807, 2.05) is 6.92 Å². The summed E-state index contributed by atoms with van der Waals surface area (Å²) in [6, 6.07) is 6.39. The Morgan fingerprint density at radius 1 is 1.38 bits per heavy atom. The predicted octanol–water partition coefficient (Wildman–Crippen LogP) is 1.53. The third kappa shape index (κ3) is 2.70. The summed E-state index contributed by atoms with van der Waals surface area (Å²) >= 11 is 0. The lowest BCUT2D eigenvalue weighted by atomic mass is 10.0. The molecule has 0 saturated heterocycles. The Balaban J connectivity index is 2.99. The molecule has 0 atom stereocenters. The molecular formula is C12H13NO3. The number of rotatable bonds is 4. The van der Waals surface area contributed by atoms with Gasteiger partial charge in [-0.05, 0) is 24.6 Å². The Labute approximate surface area is 93.6 Å². The third-order valence-corrected chi connectivity index (χ3v) is 2.07. The van der Waals surface area contributed by atoms with Crippen LogP contribution in [0.15, 0.2) is 30.8 Å². The first-order valence-electron chi connectivity index (χ1n) is 4.87. The van der Waals surface area contributed by atoms with Gasteiger partial charge in [-0.15, -0.1) is 0 Å². The van der Waals surface area contributed by atoms with Crippen LogP contribution < -0.4 is 5.32 Å². The lowest BCUT2D eigenvalue weighted by Crippen LogP contribution is -2.22. The number of carbonyl (C=O) groups excluding carboxylic acids is 1. The van der Waals surface area contributed by atoms with Gasteiger partial charge in [-0.1, -0.05) is 18.7 Å². The van der Waals surface area contributed by atoms with Crippen LogP contribution in [-0.2, 0) is 4.79 Å². The van der Waals surface area contributed by atoms with E-state index in [1.54, 1.807) is 18.2 Å². The van der Waals surface area contributed by atoms with Gasteiger partial charge in [0, 0.05) is 12.1 Å². The van der Waals surface area contributed by atoms with Gasteiger partial charge in [-0.2, -0.15) is 0 Å². The standard InChI is InChI=1S/C12H13NO3/c1-3-13-11(14)10-6-4-5-9(7-10)8(2)12(15)16/h4-7H,2-3H2,1H3,(H,13,14)(H,15,16). The molecule has 0 aliphatic heterocycles. The first-order valence-corrected chi connectivity index (χ1v) is 4.87. The summed E-state index contributed by atoms with van der Waals surface area (Å²) in [7, 11) is 0. The molecule has 1 aromatic rings. The molecule has 1 aromatic carbocycles.